The van der Waals surface area contributed by atoms with Crippen LogP contribution in [0.25, 0.3) is 0 Å². The number of hydrogen-bond acceptors (Lipinski definition) is 5. The van der Waals surface area contributed by atoms with Crippen LogP contribution in [0.2, 0.25) is 0 Å². The molecule has 29 heavy (non-hydrogen) atoms. The van der Waals surface area contributed by atoms with Crippen LogP contribution in [0, 0.1) is 11.8 Å². The molecule has 1 fully saturated rings. The number of piperidine rings is 1. The maximum absolute atomic E-state index is 12.9. The van der Waals surface area contributed by atoms with Crippen molar-refractivity contribution >= 4 is 21.9 Å². The highest BCUT2D eigenvalue weighted by molar-refractivity contribution is 7.89. The number of benzene rings is 1. The number of unbranched alkanes of at least 4 members (excludes halogenated alkanes) is 2. The highest BCUT2D eigenvalue weighted by Gasteiger charge is 2.31. The van der Waals surface area contributed by atoms with E-state index in [-0.39, 0.29) is 16.8 Å². The maximum atomic E-state index is 12.9. The third-order valence-corrected chi connectivity index (χ3v) is 7.01. The van der Waals surface area contributed by atoms with Crippen LogP contribution in [0.3, 0.4) is 0 Å². The van der Waals surface area contributed by atoms with Crippen LogP contribution in [0.4, 0.5) is 0 Å². The second-order valence-corrected chi connectivity index (χ2v) is 9.87. The number of methoxy groups -OCH3 is 1. The monoisotopic (exact) mass is 424 g/mol. The summed E-state index contributed by atoms with van der Waals surface area (Å²) in [6.45, 7) is 5.71. The largest absolute Gasteiger partial charge is 0.469 e. The van der Waals surface area contributed by atoms with Crippen LogP contribution in [0.1, 0.15) is 56.3 Å². The first-order chi connectivity index (χ1) is 13.7. The molecule has 0 aliphatic carbocycles. The quantitative estimate of drug-likeness (QED) is 0.486. The molecule has 0 aromatic heterocycles. The first-order valence-corrected chi connectivity index (χ1v) is 11.6. The van der Waals surface area contributed by atoms with E-state index in [0.29, 0.717) is 43.5 Å². The van der Waals surface area contributed by atoms with Crippen molar-refractivity contribution in [2.24, 2.45) is 11.8 Å². The van der Waals surface area contributed by atoms with Crippen LogP contribution in [-0.4, -0.2) is 51.3 Å². The summed E-state index contributed by atoms with van der Waals surface area (Å²) in [7, 11) is -2.18. The van der Waals surface area contributed by atoms with Gasteiger partial charge in [0, 0.05) is 31.6 Å². The van der Waals surface area contributed by atoms with Crippen LogP contribution < -0.4 is 5.32 Å². The SMILES string of the molecule is COC(=O)CCCCCNC(=O)c1ccc(S(=O)(=O)N2C[C@@H](C)C[C@H](C)C2)cc1. The van der Waals surface area contributed by atoms with E-state index in [1.807, 2.05) is 0 Å². The lowest BCUT2D eigenvalue weighted by molar-refractivity contribution is -0.140. The molecular formula is C21H32N2O5S. The first-order valence-electron chi connectivity index (χ1n) is 10.2. The summed E-state index contributed by atoms with van der Waals surface area (Å²) >= 11 is 0. The Hall–Kier alpha value is -1.93. The zero-order valence-corrected chi connectivity index (χ0v) is 18.3. The van der Waals surface area contributed by atoms with Gasteiger partial charge in [-0.2, -0.15) is 4.31 Å². The lowest BCUT2D eigenvalue weighted by Crippen LogP contribution is -2.42. The van der Waals surface area contributed by atoms with Crippen molar-refractivity contribution in [1.82, 2.24) is 9.62 Å². The molecule has 2 rings (SSSR count). The van der Waals surface area contributed by atoms with Gasteiger partial charge in [0.05, 0.1) is 12.0 Å². The molecule has 0 unspecified atom stereocenters. The number of hydrogen-bond donors (Lipinski definition) is 1. The van der Waals surface area contributed by atoms with Gasteiger partial charge in [0.2, 0.25) is 10.0 Å². The summed E-state index contributed by atoms with van der Waals surface area (Å²) in [5.74, 6) is 0.220. The van der Waals surface area contributed by atoms with Gasteiger partial charge < -0.3 is 10.1 Å². The number of carbonyl (C=O) groups excluding carboxylic acids is 2. The van der Waals surface area contributed by atoms with Crippen LogP contribution in [0.5, 0.6) is 0 Å². The van der Waals surface area contributed by atoms with Gasteiger partial charge >= 0.3 is 5.97 Å². The van der Waals surface area contributed by atoms with E-state index in [1.165, 1.54) is 19.2 Å². The van der Waals surface area contributed by atoms with Gasteiger partial charge in [-0.15, -0.1) is 0 Å². The van der Waals surface area contributed by atoms with Crippen molar-refractivity contribution in [3.8, 4) is 0 Å². The molecule has 1 heterocycles. The molecule has 1 N–H and O–H groups in total. The van der Waals surface area contributed by atoms with E-state index in [0.717, 1.165) is 25.7 Å². The van der Waals surface area contributed by atoms with Crippen molar-refractivity contribution < 1.29 is 22.7 Å². The summed E-state index contributed by atoms with van der Waals surface area (Å²) < 4.78 is 31.9. The lowest BCUT2D eigenvalue weighted by atomic mass is 9.94. The van der Waals surface area contributed by atoms with Gasteiger partial charge in [0.25, 0.3) is 5.91 Å². The fourth-order valence-corrected chi connectivity index (χ4v) is 5.39. The van der Waals surface area contributed by atoms with Crippen LogP contribution >= 0.6 is 0 Å². The molecule has 162 valence electrons. The van der Waals surface area contributed by atoms with E-state index in [4.69, 9.17) is 0 Å². The van der Waals surface area contributed by atoms with Crippen molar-refractivity contribution in [3.63, 3.8) is 0 Å². The standard InChI is InChI=1S/C21H32N2O5S/c1-16-13-17(2)15-23(14-16)29(26,27)19-10-8-18(9-11-19)21(25)22-12-6-4-5-7-20(24)28-3/h8-11,16-17H,4-7,12-15H2,1-3H3,(H,22,25)/t16-,17-/m0/s1. The molecule has 1 saturated heterocycles. The topological polar surface area (TPSA) is 92.8 Å². The fourth-order valence-electron chi connectivity index (χ4n) is 3.71. The molecule has 1 aromatic rings. The Kier molecular flexibility index (Phi) is 8.64. The molecular weight excluding hydrogens is 392 g/mol. The second kappa shape index (κ2) is 10.7. The molecule has 0 spiro atoms. The smallest absolute Gasteiger partial charge is 0.305 e. The molecule has 1 aliphatic rings. The van der Waals surface area contributed by atoms with Gasteiger partial charge in [-0.05, 0) is 55.4 Å². The average molecular weight is 425 g/mol. The minimum Gasteiger partial charge on any atom is -0.469 e. The second-order valence-electron chi connectivity index (χ2n) is 7.94. The number of nitrogens with zero attached hydrogens (tertiary/aromatic N) is 1. The highest BCUT2D eigenvalue weighted by atomic mass is 32.2. The predicted molar refractivity (Wildman–Crippen MR) is 111 cm³/mol. The number of ether oxygens (including phenoxy) is 1. The number of esters is 1. The normalized spacial score (nSPS) is 20.2. The lowest BCUT2D eigenvalue weighted by Gasteiger charge is -2.34. The molecule has 7 nitrogen and oxygen atoms in total. The Balaban J connectivity index is 1.85. The molecule has 2 atom stereocenters. The van der Waals surface area contributed by atoms with Crippen LogP contribution in [0.15, 0.2) is 29.2 Å². The number of nitrogens with one attached hydrogen (secondary N) is 1. The minimum atomic E-state index is -3.54. The zero-order chi connectivity index (χ0) is 21.4. The summed E-state index contributed by atoms with van der Waals surface area (Å²) in [5, 5.41) is 2.82. The van der Waals surface area contributed by atoms with Crippen molar-refractivity contribution in [3.05, 3.63) is 29.8 Å². The summed E-state index contributed by atoms with van der Waals surface area (Å²) in [4.78, 5) is 23.5. The van der Waals surface area contributed by atoms with Gasteiger partial charge in [0.15, 0.2) is 0 Å². The minimum absolute atomic E-state index is 0.221. The average Bonchev–Trinajstić information content (AvgIpc) is 2.69. The molecule has 1 amide bonds. The van der Waals surface area contributed by atoms with Crippen molar-refractivity contribution in [1.29, 1.82) is 0 Å². The molecule has 0 bridgehead atoms. The highest BCUT2D eigenvalue weighted by Crippen LogP contribution is 2.26. The summed E-state index contributed by atoms with van der Waals surface area (Å²) in [5.41, 5.74) is 0.430. The zero-order valence-electron chi connectivity index (χ0n) is 17.5. The van der Waals surface area contributed by atoms with Crippen molar-refractivity contribution in [2.45, 2.75) is 50.8 Å². The maximum Gasteiger partial charge on any atom is 0.305 e. The van der Waals surface area contributed by atoms with Gasteiger partial charge in [-0.1, -0.05) is 20.3 Å². The van der Waals surface area contributed by atoms with Gasteiger partial charge in [-0.25, -0.2) is 8.42 Å². The number of rotatable bonds is 9. The molecule has 1 aromatic carbocycles. The Labute approximate surface area is 173 Å². The van der Waals surface area contributed by atoms with Crippen molar-refractivity contribution in [2.75, 3.05) is 26.7 Å². The van der Waals surface area contributed by atoms with E-state index < -0.39 is 10.0 Å². The molecule has 0 radical (unpaired) electrons. The van der Waals surface area contributed by atoms with E-state index in [1.54, 1.807) is 16.4 Å². The third kappa shape index (κ3) is 6.82. The first kappa shape index (κ1) is 23.3. The predicted octanol–water partition coefficient (Wildman–Crippen LogP) is 2.82. The van der Waals surface area contributed by atoms with E-state index in [2.05, 4.69) is 23.9 Å². The van der Waals surface area contributed by atoms with E-state index in [9.17, 15) is 18.0 Å². The molecule has 1 aliphatic heterocycles. The Bertz CT molecular complexity index is 782. The van der Waals surface area contributed by atoms with Gasteiger partial charge in [0.1, 0.15) is 0 Å². The number of carbonyl (C=O) groups is 2. The fraction of sp³-hybridized carbons (Fsp3) is 0.619. The number of sulfonamides is 1. The Morgan fingerprint density at radius 3 is 2.28 bits per heavy atom. The summed E-state index contributed by atoms with van der Waals surface area (Å²) in [6, 6.07) is 6.11. The van der Waals surface area contributed by atoms with Crippen LogP contribution in [-0.2, 0) is 19.6 Å². The Morgan fingerprint density at radius 1 is 1.07 bits per heavy atom. The Morgan fingerprint density at radius 2 is 1.69 bits per heavy atom. The summed E-state index contributed by atoms with van der Waals surface area (Å²) in [6.07, 6.45) is 3.73. The van der Waals surface area contributed by atoms with Gasteiger partial charge in [-0.3, -0.25) is 9.59 Å². The molecule has 0 saturated carbocycles. The number of amides is 1. The third-order valence-electron chi connectivity index (χ3n) is 5.16. The molecule has 8 heteroatoms. The van der Waals surface area contributed by atoms with E-state index >= 15 is 0 Å².